The molecule has 0 aliphatic heterocycles. The quantitative estimate of drug-likeness (QED) is 0.537. The number of benzene rings is 2. The van der Waals surface area contributed by atoms with Crippen LogP contribution in [0.15, 0.2) is 42.5 Å². The fourth-order valence-corrected chi connectivity index (χ4v) is 4.52. The fraction of sp³-hybridized carbons (Fsp3) is 0.320. The molecule has 4 rings (SSSR count). The first-order valence-electron chi connectivity index (χ1n) is 10.7. The van der Waals surface area contributed by atoms with Gasteiger partial charge in [-0.3, -0.25) is 9.59 Å². The molecule has 7 nitrogen and oxygen atoms in total. The second-order valence-corrected chi connectivity index (χ2v) is 9.11. The van der Waals surface area contributed by atoms with Gasteiger partial charge in [0.15, 0.2) is 11.5 Å². The molecule has 0 unspecified atom stereocenters. The van der Waals surface area contributed by atoms with Crippen molar-refractivity contribution in [2.75, 3.05) is 21.3 Å². The maximum atomic E-state index is 13.1. The smallest absolute Gasteiger partial charge is 0.265 e. The normalized spacial score (nSPS) is 12.8. The first-order chi connectivity index (χ1) is 15.9. The molecule has 2 aromatic carbocycles. The number of aromatic nitrogens is 1. The Kier molecular flexibility index (Phi) is 6.65. The molecule has 0 spiro atoms. The Bertz CT molecular complexity index is 1170. The van der Waals surface area contributed by atoms with E-state index in [2.05, 4.69) is 10.3 Å². The zero-order valence-electron chi connectivity index (χ0n) is 19.2. The molecule has 1 heterocycles. The summed E-state index contributed by atoms with van der Waals surface area (Å²) in [5.41, 5.74) is 3.14. The van der Waals surface area contributed by atoms with Gasteiger partial charge in [0, 0.05) is 30.8 Å². The largest absolute Gasteiger partial charge is 0.493 e. The van der Waals surface area contributed by atoms with E-state index in [1.54, 1.807) is 38.3 Å². The molecular weight excluding hydrogens is 438 g/mol. The van der Waals surface area contributed by atoms with Gasteiger partial charge in [0.05, 0.1) is 19.9 Å². The Hall–Kier alpha value is -3.39. The van der Waals surface area contributed by atoms with Crippen molar-refractivity contribution in [3.63, 3.8) is 0 Å². The van der Waals surface area contributed by atoms with Crippen LogP contribution in [-0.2, 0) is 6.54 Å². The van der Waals surface area contributed by atoms with E-state index in [9.17, 15) is 9.59 Å². The Morgan fingerprint density at radius 1 is 1.09 bits per heavy atom. The van der Waals surface area contributed by atoms with Gasteiger partial charge >= 0.3 is 0 Å². The van der Waals surface area contributed by atoms with Crippen molar-refractivity contribution in [1.29, 1.82) is 0 Å². The predicted molar refractivity (Wildman–Crippen MR) is 128 cm³/mol. The zero-order chi connectivity index (χ0) is 23.5. The molecule has 0 saturated heterocycles. The van der Waals surface area contributed by atoms with Crippen LogP contribution in [-0.4, -0.2) is 49.0 Å². The van der Waals surface area contributed by atoms with Crippen LogP contribution in [0.4, 0.5) is 0 Å². The molecule has 1 fully saturated rings. The average molecular weight is 466 g/mol. The van der Waals surface area contributed by atoms with Gasteiger partial charge in [-0.05, 0) is 55.7 Å². The van der Waals surface area contributed by atoms with Crippen LogP contribution < -0.4 is 14.8 Å². The van der Waals surface area contributed by atoms with Crippen LogP contribution in [0, 0.1) is 6.92 Å². The minimum absolute atomic E-state index is 0.0449. The standard InChI is InChI=1S/C25H27N3O4S/c1-15-22(33-24(26-15)18-9-12-20(31-3)21(13-18)32-4)25(30)28(2)14-16-5-7-17(8-6-16)23(29)27-19-10-11-19/h5-9,12-13,19H,10-11,14H2,1-4H3,(H,27,29). The summed E-state index contributed by atoms with van der Waals surface area (Å²) in [5.74, 6) is 1.12. The lowest BCUT2D eigenvalue weighted by atomic mass is 10.1. The minimum atomic E-state index is -0.0905. The summed E-state index contributed by atoms with van der Waals surface area (Å²) in [4.78, 5) is 32.2. The lowest BCUT2D eigenvalue weighted by molar-refractivity contribution is 0.0788. The van der Waals surface area contributed by atoms with Crippen molar-refractivity contribution in [2.45, 2.75) is 32.4 Å². The average Bonchev–Trinajstić information content (AvgIpc) is 3.56. The van der Waals surface area contributed by atoms with Gasteiger partial charge < -0.3 is 19.7 Å². The number of nitrogens with zero attached hydrogens (tertiary/aromatic N) is 2. The van der Waals surface area contributed by atoms with Gasteiger partial charge in [0.2, 0.25) is 0 Å². The van der Waals surface area contributed by atoms with E-state index in [1.165, 1.54) is 11.3 Å². The molecule has 3 aromatic rings. The number of aryl methyl sites for hydroxylation is 1. The highest BCUT2D eigenvalue weighted by Crippen LogP contribution is 2.35. The van der Waals surface area contributed by atoms with Crippen molar-refractivity contribution >= 4 is 23.2 Å². The van der Waals surface area contributed by atoms with E-state index < -0.39 is 0 Å². The van der Waals surface area contributed by atoms with Crippen LogP contribution in [0.3, 0.4) is 0 Å². The summed E-state index contributed by atoms with van der Waals surface area (Å²) in [7, 11) is 4.95. The molecule has 1 aliphatic carbocycles. The minimum Gasteiger partial charge on any atom is -0.493 e. The van der Waals surface area contributed by atoms with Gasteiger partial charge in [-0.15, -0.1) is 11.3 Å². The molecule has 2 amide bonds. The fourth-order valence-electron chi connectivity index (χ4n) is 3.46. The Balaban J connectivity index is 1.45. The second kappa shape index (κ2) is 9.62. The highest BCUT2D eigenvalue weighted by atomic mass is 32.1. The van der Waals surface area contributed by atoms with E-state index in [-0.39, 0.29) is 11.8 Å². The molecule has 1 aromatic heterocycles. The third kappa shape index (κ3) is 5.17. The van der Waals surface area contributed by atoms with Crippen LogP contribution in [0.1, 0.15) is 44.1 Å². The van der Waals surface area contributed by atoms with Gasteiger partial charge in [-0.1, -0.05) is 12.1 Å². The van der Waals surface area contributed by atoms with E-state index in [1.807, 2.05) is 37.3 Å². The maximum absolute atomic E-state index is 13.1. The summed E-state index contributed by atoms with van der Waals surface area (Å²) in [6.07, 6.45) is 2.11. The lowest BCUT2D eigenvalue weighted by Gasteiger charge is -2.17. The number of rotatable bonds is 8. The van der Waals surface area contributed by atoms with Crippen LogP contribution in [0.2, 0.25) is 0 Å². The number of hydrogen-bond donors (Lipinski definition) is 1. The molecule has 0 bridgehead atoms. The van der Waals surface area contributed by atoms with E-state index >= 15 is 0 Å². The third-order valence-corrected chi connectivity index (χ3v) is 6.71. The lowest BCUT2D eigenvalue weighted by Crippen LogP contribution is -2.26. The molecular formula is C25H27N3O4S. The summed E-state index contributed by atoms with van der Waals surface area (Å²) < 4.78 is 10.7. The summed E-state index contributed by atoms with van der Waals surface area (Å²) in [6, 6.07) is 13.3. The Morgan fingerprint density at radius 2 is 1.79 bits per heavy atom. The Labute approximate surface area is 197 Å². The zero-order valence-corrected chi connectivity index (χ0v) is 20.0. The van der Waals surface area contributed by atoms with Crippen LogP contribution in [0.5, 0.6) is 11.5 Å². The van der Waals surface area contributed by atoms with Crippen LogP contribution in [0.25, 0.3) is 10.6 Å². The number of nitrogens with one attached hydrogen (secondary N) is 1. The summed E-state index contributed by atoms with van der Waals surface area (Å²) in [6.45, 7) is 2.28. The SMILES string of the molecule is COc1ccc(-c2nc(C)c(C(=O)N(C)Cc3ccc(C(=O)NC4CC4)cc3)s2)cc1OC. The van der Waals surface area contributed by atoms with Gasteiger partial charge in [-0.25, -0.2) is 4.98 Å². The van der Waals surface area contributed by atoms with E-state index in [0.29, 0.717) is 40.2 Å². The van der Waals surface area contributed by atoms with Crippen molar-refractivity contribution < 1.29 is 19.1 Å². The predicted octanol–water partition coefficient (Wildman–Crippen LogP) is 4.30. The number of hydrogen-bond acceptors (Lipinski definition) is 6. The van der Waals surface area contributed by atoms with Crippen molar-refractivity contribution in [3.8, 4) is 22.1 Å². The van der Waals surface area contributed by atoms with E-state index in [0.717, 1.165) is 29.0 Å². The molecule has 1 aliphatic rings. The summed E-state index contributed by atoms with van der Waals surface area (Å²) >= 11 is 1.36. The monoisotopic (exact) mass is 465 g/mol. The molecule has 1 saturated carbocycles. The number of carbonyl (C=O) groups is 2. The van der Waals surface area contributed by atoms with E-state index in [4.69, 9.17) is 9.47 Å². The van der Waals surface area contributed by atoms with Gasteiger partial charge in [0.1, 0.15) is 9.88 Å². The number of amides is 2. The molecule has 0 atom stereocenters. The number of methoxy groups -OCH3 is 2. The van der Waals surface area contributed by atoms with Crippen LogP contribution >= 0.6 is 11.3 Å². The number of thiazole rings is 1. The molecule has 1 N–H and O–H groups in total. The van der Waals surface area contributed by atoms with Crippen molar-refractivity contribution in [1.82, 2.24) is 15.2 Å². The second-order valence-electron chi connectivity index (χ2n) is 8.11. The van der Waals surface area contributed by atoms with Crippen molar-refractivity contribution in [2.24, 2.45) is 0 Å². The first-order valence-corrected chi connectivity index (χ1v) is 11.6. The van der Waals surface area contributed by atoms with Gasteiger partial charge in [0.25, 0.3) is 11.8 Å². The highest BCUT2D eigenvalue weighted by molar-refractivity contribution is 7.17. The number of carbonyl (C=O) groups excluding carboxylic acids is 2. The number of ether oxygens (including phenoxy) is 2. The summed E-state index contributed by atoms with van der Waals surface area (Å²) in [5, 5.41) is 3.73. The third-order valence-electron chi connectivity index (χ3n) is 5.52. The molecule has 0 radical (unpaired) electrons. The highest BCUT2D eigenvalue weighted by Gasteiger charge is 2.24. The maximum Gasteiger partial charge on any atom is 0.265 e. The first kappa shape index (κ1) is 22.8. The van der Waals surface area contributed by atoms with Gasteiger partial charge in [-0.2, -0.15) is 0 Å². The topological polar surface area (TPSA) is 80.8 Å². The Morgan fingerprint density at radius 3 is 2.42 bits per heavy atom. The van der Waals surface area contributed by atoms with Crippen molar-refractivity contribution in [3.05, 3.63) is 64.2 Å². The molecule has 172 valence electrons. The molecule has 33 heavy (non-hydrogen) atoms. The molecule has 8 heteroatoms.